The zero-order chi connectivity index (χ0) is 29.1. The fourth-order valence-corrected chi connectivity index (χ4v) is 5.47. The highest BCUT2D eigenvalue weighted by molar-refractivity contribution is 5.89. The van der Waals surface area contributed by atoms with Crippen molar-refractivity contribution in [1.82, 2.24) is 30.4 Å². The van der Waals surface area contributed by atoms with Crippen LogP contribution in [-0.4, -0.2) is 49.8 Å². The number of carbonyl (C=O) groups excluding carboxylic acids is 2. The van der Waals surface area contributed by atoms with Crippen LogP contribution in [0.25, 0.3) is 11.4 Å². The van der Waals surface area contributed by atoms with Crippen molar-refractivity contribution >= 4 is 11.8 Å². The standard InChI is InChI=1S/C32H34N6O4/c1-21-7-12-24(13-8-21)30(32(40)33-26-5-3-4-6-26)37(18-23-11-16-27-28(17-23)42-20-41-27)29(39)19-38-35-31(34-36-38)25-14-9-22(2)10-15-25/h7-17,26,30H,3-6,18-20H2,1-2H3,(H,33,40). The molecule has 0 bridgehead atoms. The van der Waals surface area contributed by atoms with E-state index in [1.807, 2.05) is 80.6 Å². The van der Waals surface area contributed by atoms with Crippen LogP contribution in [-0.2, 0) is 22.7 Å². The summed E-state index contributed by atoms with van der Waals surface area (Å²) >= 11 is 0. The van der Waals surface area contributed by atoms with Gasteiger partial charge in [-0.15, -0.1) is 10.2 Å². The highest BCUT2D eigenvalue weighted by atomic mass is 16.7. The quantitative estimate of drug-likeness (QED) is 0.317. The number of amides is 2. The summed E-state index contributed by atoms with van der Waals surface area (Å²) in [6, 6.07) is 20.4. The Morgan fingerprint density at radius 1 is 0.952 bits per heavy atom. The Morgan fingerprint density at radius 2 is 1.64 bits per heavy atom. The number of fused-ring (bicyclic) bond motifs is 1. The summed E-state index contributed by atoms with van der Waals surface area (Å²) in [5.74, 6) is 1.18. The van der Waals surface area contributed by atoms with E-state index in [2.05, 4.69) is 20.7 Å². The normalized spacial score (nSPS) is 15.0. The Kier molecular flexibility index (Phi) is 7.85. The second-order valence-corrected chi connectivity index (χ2v) is 11.0. The molecule has 4 aromatic rings. The summed E-state index contributed by atoms with van der Waals surface area (Å²) in [5, 5.41) is 16.0. The minimum Gasteiger partial charge on any atom is -0.454 e. The van der Waals surface area contributed by atoms with E-state index in [1.54, 1.807) is 4.90 Å². The lowest BCUT2D eigenvalue weighted by Gasteiger charge is -2.32. The number of hydrogen-bond acceptors (Lipinski definition) is 7. The van der Waals surface area contributed by atoms with Crippen LogP contribution in [0.5, 0.6) is 11.5 Å². The van der Waals surface area contributed by atoms with Crippen molar-refractivity contribution < 1.29 is 19.1 Å². The molecule has 0 radical (unpaired) electrons. The Hall–Kier alpha value is -4.73. The van der Waals surface area contributed by atoms with Crippen LogP contribution in [0, 0.1) is 13.8 Å². The molecule has 1 aliphatic heterocycles. The Bertz CT molecular complexity index is 1560. The zero-order valence-electron chi connectivity index (χ0n) is 23.8. The average molecular weight is 567 g/mol. The molecule has 1 N–H and O–H groups in total. The molecule has 10 heteroatoms. The molecule has 2 aliphatic rings. The first kappa shape index (κ1) is 27.4. The lowest BCUT2D eigenvalue weighted by molar-refractivity contribution is -0.142. The van der Waals surface area contributed by atoms with E-state index in [4.69, 9.17) is 9.47 Å². The van der Waals surface area contributed by atoms with Crippen LogP contribution in [0.15, 0.2) is 66.7 Å². The van der Waals surface area contributed by atoms with Crippen LogP contribution in [0.3, 0.4) is 0 Å². The van der Waals surface area contributed by atoms with Crippen molar-refractivity contribution in [3.63, 3.8) is 0 Å². The monoisotopic (exact) mass is 566 g/mol. The molecule has 1 saturated carbocycles. The molecular weight excluding hydrogens is 532 g/mol. The number of benzene rings is 3. The molecule has 42 heavy (non-hydrogen) atoms. The van der Waals surface area contributed by atoms with Crippen molar-refractivity contribution in [3.8, 4) is 22.9 Å². The summed E-state index contributed by atoms with van der Waals surface area (Å²) in [4.78, 5) is 31.0. The number of aryl methyl sites for hydroxylation is 2. The molecule has 0 spiro atoms. The molecule has 216 valence electrons. The van der Waals surface area contributed by atoms with Gasteiger partial charge in [0.15, 0.2) is 11.5 Å². The summed E-state index contributed by atoms with van der Waals surface area (Å²) in [6.45, 7) is 4.15. The first-order chi connectivity index (χ1) is 20.4. The molecule has 1 aromatic heterocycles. The van der Waals surface area contributed by atoms with E-state index in [9.17, 15) is 9.59 Å². The first-order valence-corrected chi connectivity index (χ1v) is 14.3. The molecule has 1 fully saturated rings. The smallest absolute Gasteiger partial charge is 0.247 e. The maximum absolute atomic E-state index is 14.1. The van der Waals surface area contributed by atoms with Gasteiger partial charge in [0.25, 0.3) is 0 Å². The molecule has 6 rings (SSSR count). The fraction of sp³-hybridized carbons (Fsp3) is 0.344. The number of nitrogens with one attached hydrogen (secondary N) is 1. The third-order valence-corrected chi connectivity index (χ3v) is 7.80. The van der Waals surface area contributed by atoms with Crippen LogP contribution in [0.2, 0.25) is 0 Å². The molecule has 0 saturated heterocycles. The topological polar surface area (TPSA) is 111 Å². The van der Waals surface area contributed by atoms with Crippen molar-refractivity contribution in [2.45, 2.75) is 64.7 Å². The summed E-state index contributed by atoms with van der Waals surface area (Å²) in [6.07, 6.45) is 4.04. The number of hydrogen-bond donors (Lipinski definition) is 1. The Morgan fingerprint density at radius 3 is 2.38 bits per heavy atom. The van der Waals surface area contributed by atoms with Crippen LogP contribution >= 0.6 is 0 Å². The number of rotatable bonds is 9. The van der Waals surface area contributed by atoms with Gasteiger partial charge in [-0.3, -0.25) is 9.59 Å². The van der Waals surface area contributed by atoms with E-state index in [0.29, 0.717) is 17.3 Å². The largest absolute Gasteiger partial charge is 0.454 e. The zero-order valence-corrected chi connectivity index (χ0v) is 23.8. The van der Waals surface area contributed by atoms with Gasteiger partial charge in [-0.05, 0) is 55.2 Å². The van der Waals surface area contributed by atoms with Gasteiger partial charge < -0.3 is 19.7 Å². The van der Waals surface area contributed by atoms with Gasteiger partial charge in [0.2, 0.25) is 24.4 Å². The van der Waals surface area contributed by atoms with E-state index in [0.717, 1.165) is 53.5 Å². The maximum atomic E-state index is 14.1. The predicted molar refractivity (Wildman–Crippen MR) is 155 cm³/mol. The number of ether oxygens (including phenoxy) is 2. The van der Waals surface area contributed by atoms with Gasteiger partial charge in [-0.1, -0.05) is 78.6 Å². The van der Waals surface area contributed by atoms with Gasteiger partial charge in [0.05, 0.1) is 0 Å². The van der Waals surface area contributed by atoms with Crippen molar-refractivity contribution in [2.75, 3.05) is 6.79 Å². The molecule has 10 nitrogen and oxygen atoms in total. The van der Waals surface area contributed by atoms with Crippen molar-refractivity contribution in [1.29, 1.82) is 0 Å². The molecular formula is C32H34N6O4. The third kappa shape index (κ3) is 6.12. The summed E-state index contributed by atoms with van der Waals surface area (Å²) in [7, 11) is 0. The molecule has 3 aromatic carbocycles. The van der Waals surface area contributed by atoms with Gasteiger partial charge in [0, 0.05) is 18.2 Å². The molecule has 2 heterocycles. The van der Waals surface area contributed by atoms with Crippen molar-refractivity contribution in [2.24, 2.45) is 0 Å². The van der Waals surface area contributed by atoms with E-state index in [1.165, 1.54) is 4.80 Å². The highest BCUT2D eigenvalue weighted by Crippen LogP contribution is 2.34. The van der Waals surface area contributed by atoms with Crippen LogP contribution in [0.1, 0.15) is 54.0 Å². The first-order valence-electron chi connectivity index (χ1n) is 14.3. The SMILES string of the molecule is Cc1ccc(-c2nnn(CC(=O)N(Cc3ccc4c(c3)OCO4)C(C(=O)NC3CCCC3)c3ccc(C)cc3)n2)cc1. The number of tetrazole rings is 1. The van der Waals surface area contributed by atoms with E-state index >= 15 is 0 Å². The summed E-state index contributed by atoms with van der Waals surface area (Å²) in [5.41, 5.74) is 4.55. The second-order valence-electron chi connectivity index (χ2n) is 11.0. The lowest BCUT2D eigenvalue weighted by atomic mass is 10.0. The third-order valence-electron chi connectivity index (χ3n) is 7.80. The minimum absolute atomic E-state index is 0.0991. The predicted octanol–water partition coefficient (Wildman–Crippen LogP) is 4.51. The number of carbonyl (C=O) groups is 2. The van der Waals surface area contributed by atoms with Gasteiger partial charge in [0.1, 0.15) is 12.6 Å². The molecule has 2 amide bonds. The maximum Gasteiger partial charge on any atom is 0.247 e. The van der Waals surface area contributed by atoms with Crippen LogP contribution in [0.4, 0.5) is 0 Å². The van der Waals surface area contributed by atoms with Gasteiger partial charge >= 0.3 is 0 Å². The molecule has 1 atom stereocenters. The van der Waals surface area contributed by atoms with E-state index < -0.39 is 6.04 Å². The number of nitrogens with zero attached hydrogens (tertiary/aromatic N) is 5. The number of aromatic nitrogens is 4. The summed E-state index contributed by atoms with van der Waals surface area (Å²) < 4.78 is 11.1. The Balaban J connectivity index is 1.33. The second kappa shape index (κ2) is 12.0. The van der Waals surface area contributed by atoms with Crippen LogP contribution < -0.4 is 14.8 Å². The lowest BCUT2D eigenvalue weighted by Crippen LogP contribution is -2.46. The highest BCUT2D eigenvalue weighted by Gasteiger charge is 2.34. The van der Waals surface area contributed by atoms with E-state index in [-0.39, 0.29) is 37.7 Å². The van der Waals surface area contributed by atoms with Gasteiger partial charge in [-0.2, -0.15) is 4.80 Å². The molecule has 1 unspecified atom stereocenters. The molecule has 1 aliphatic carbocycles. The average Bonchev–Trinajstić information content (AvgIpc) is 3.77. The fourth-order valence-electron chi connectivity index (χ4n) is 5.47. The minimum atomic E-state index is -0.857. The Labute approximate surface area is 244 Å². The van der Waals surface area contributed by atoms with Gasteiger partial charge in [-0.25, -0.2) is 0 Å². The van der Waals surface area contributed by atoms with Crippen molar-refractivity contribution in [3.05, 3.63) is 89.0 Å².